The highest BCUT2D eigenvalue weighted by molar-refractivity contribution is 5.83. The second-order valence-corrected chi connectivity index (χ2v) is 8.38. The highest BCUT2D eigenvalue weighted by Crippen LogP contribution is 2.38. The molecule has 3 N–H and O–H groups in total. The van der Waals surface area contributed by atoms with E-state index < -0.39 is 47.8 Å². The number of aliphatic carboxylic acids is 1. The van der Waals surface area contributed by atoms with Crippen LogP contribution in [-0.2, 0) is 16.8 Å². The highest BCUT2D eigenvalue weighted by atomic mass is 19.4. The van der Waals surface area contributed by atoms with Crippen molar-refractivity contribution < 1.29 is 50.5 Å². The van der Waals surface area contributed by atoms with E-state index >= 15 is 0 Å². The molecule has 2 amide bonds. The SMILES string of the molecule is C[C@@H](NC(=O)NC(Cc1ccccc1)(c1cccc(OC(F)(F)F)c1)c1cccc(OC(F)(F)F)c1)C(=O)O. The van der Waals surface area contributed by atoms with Gasteiger partial charge in [0.1, 0.15) is 17.5 Å². The predicted octanol–water partition coefficient (Wildman–Crippen LogP) is 5.74. The van der Waals surface area contributed by atoms with E-state index in [1.807, 2.05) is 0 Å². The molecule has 0 spiro atoms. The molecule has 3 rings (SSSR count). The van der Waals surface area contributed by atoms with Crippen molar-refractivity contribution in [3.8, 4) is 11.5 Å². The predicted molar refractivity (Wildman–Crippen MR) is 126 cm³/mol. The second-order valence-electron chi connectivity index (χ2n) is 8.38. The molecule has 0 unspecified atom stereocenters. The van der Waals surface area contributed by atoms with E-state index in [9.17, 15) is 41.0 Å². The van der Waals surface area contributed by atoms with E-state index in [4.69, 9.17) is 0 Å². The van der Waals surface area contributed by atoms with Gasteiger partial charge in [0.2, 0.25) is 0 Å². The topological polar surface area (TPSA) is 96.9 Å². The molecule has 0 saturated carbocycles. The normalized spacial score (nSPS) is 12.8. The van der Waals surface area contributed by atoms with Gasteiger partial charge in [0.05, 0.1) is 5.54 Å². The summed E-state index contributed by atoms with van der Waals surface area (Å²) in [6, 6.07) is 15.0. The summed E-state index contributed by atoms with van der Waals surface area (Å²) in [5, 5.41) is 14.0. The number of hydrogen-bond donors (Lipinski definition) is 3. The van der Waals surface area contributed by atoms with Crippen molar-refractivity contribution in [2.24, 2.45) is 0 Å². The highest BCUT2D eigenvalue weighted by Gasteiger charge is 2.39. The zero-order valence-corrected chi connectivity index (χ0v) is 20.1. The van der Waals surface area contributed by atoms with Crippen molar-refractivity contribution in [2.75, 3.05) is 0 Å². The number of halogens is 6. The minimum Gasteiger partial charge on any atom is -0.480 e. The lowest BCUT2D eigenvalue weighted by atomic mass is 9.77. The second kappa shape index (κ2) is 11.5. The average molecular weight is 556 g/mol. The quantitative estimate of drug-likeness (QED) is 0.292. The number of amides is 2. The Morgan fingerprint density at radius 1 is 0.795 bits per heavy atom. The van der Waals surface area contributed by atoms with Gasteiger partial charge in [-0.2, -0.15) is 0 Å². The van der Waals surface area contributed by atoms with Crippen LogP contribution < -0.4 is 20.1 Å². The lowest BCUT2D eigenvalue weighted by Gasteiger charge is -2.37. The molecular weight excluding hydrogens is 534 g/mol. The fourth-order valence-corrected chi connectivity index (χ4v) is 3.87. The first-order valence-electron chi connectivity index (χ1n) is 11.2. The molecule has 0 bridgehead atoms. The average Bonchev–Trinajstić information content (AvgIpc) is 2.82. The Bertz CT molecular complexity index is 1240. The van der Waals surface area contributed by atoms with E-state index in [-0.39, 0.29) is 17.5 Å². The summed E-state index contributed by atoms with van der Waals surface area (Å²) >= 11 is 0. The number of carboxylic acid groups (broad SMARTS) is 1. The third-order valence-corrected chi connectivity index (χ3v) is 5.48. The van der Waals surface area contributed by atoms with E-state index in [1.54, 1.807) is 30.3 Å². The van der Waals surface area contributed by atoms with Gasteiger partial charge in [-0.1, -0.05) is 54.6 Å². The molecule has 0 aliphatic carbocycles. The van der Waals surface area contributed by atoms with Gasteiger partial charge in [0.25, 0.3) is 0 Å². The molecule has 3 aromatic carbocycles. The summed E-state index contributed by atoms with van der Waals surface area (Å²) in [7, 11) is 0. The first kappa shape index (κ1) is 29.1. The Hall–Kier alpha value is -4.42. The summed E-state index contributed by atoms with van der Waals surface area (Å²) in [6.07, 6.45) is -10.3. The smallest absolute Gasteiger partial charge is 0.480 e. The molecule has 1 atom stereocenters. The molecule has 208 valence electrons. The van der Waals surface area contributed by atoms with Crippen LogP contribution in [0.1, 0.15) is 23.6 Å². The summed E-state index contributed by atoms with van der Waals surface area (Å²) in [6.45, 7) is 1.18. The van der Waals surface area contributed by atoms with Crippen molar-refractivity contribution in [3.63, 3.8) is 0 Å². The first-order chi connectivity index (χ1) is 18.2. The molecule has 0 heterocycles. The van der Waals surface area contributed by atoms with E-state index in [0.29, 0.717) is 5.56 Å². The number of carbonyl (C=O) groups is 2. The number of carbonyl (C=O) groups excluding carboxylic acids is 1. The third kappa shape index (κ3) is 8.28. The molecule has 0 aliphatic rings. The van der Waals surface area contributed by atoms with Gasteiger partial charge in [-0.05, 0) is 47.9 Å². The minimum absolute atomic E-state index is 0.00427. The van der Waals surface area contributed by atoms with Crippen LogP contribution in [0.25, 0.3) is 0 Å². The largest absolute Gasteiger partial charge is 0.573 e. The van der Waals surface area contributed by atoms with Crippen molar-refractivity contribution in [2.45, 2.75) is 37.7 Å². The fourth-order valence-electron chi connectivity index (χ4n) is 3.87. The number of urea groups is 1. The number of benzene rings is 3. The molecule has 39 heavy (non-hydrogen) atoms. The third-order valence-electron chi connectivity index (χ3n) is 5.48. The summed E-state index contributed by atoms with van der Waals surface area (Å²) in [4.78, 5) is 24.3. The standard InChI is InChI=1S/C26H22F6N2O5/c1-16(22(35)36)33-23(37)34-24(15-17-7-3-2-4-8-17,18-9-5-11-20(13-18)38-25(27,28)29)19-10-6-12-21(14-19)39-26(30,31)32/h2-14,16H,15H2,1H3,(H,35,36)(H2,33,34,37)/t16-/m1/s1. The van der Waals surface area contributed by atoms with Crippen LogP contribution >= 0.6 is 0 Å². The Morgan fingerprint density at radius 3 is 1.72 bits per heavy atom. The molecule has 0 radical (unpaired) electrons. The van der Waals surface area contributed by atoms with Gasteiger partial charge < -0.3 is 25.2 Å². The molecule has 7 nitrogen and oxygen atoms in total. The Labute approximate surface area is 218 Å². The zero-order chi connectivity index (χ0) is 28.8. The van der Waals surface area contributed by atoms with Crippen molar-refractivity contribution >= 4 is 12.0 Å². The molecule has 13 heteroatoms. The minimum atomic E-state index is -5.05. The van der Waals surface area contributed by atoms with Gasteiger partial charge in [0.15, 0.2) is 0 Å². The first-order valence-corrected chi connectivity index (χ1v) is 11.2. The molecule has 0 fully saturated rings. The number of alkyl halides is 6. The summed E-state index contributed by atoms with van der Waals surface area (Å²) in [5.41, 5.74) is -1.31. The maximum absolute atomic E-state index is 13.0. The van der Waals surface area contributed by atoms with Crippen molar-refractivity contribution in [1.29, 1.82) is 0 Å². The zero-order valence-electron chi connectivity index (χ0n) is 20.1. The molecular formula is C26H22F6N2O5. The van der Waals surface area contributed by atoms with Gasteiger partial charge in [-0.3, -0.25) is 4.79 Å². The Balaban J connectivity index is 2.25. The Kier molecular flexibility index (Phi) is 8.62. The monoisotopic (exact) mass is 556 g/mol. The number of ether oxygens (including phenoxy) is 2. The number of nitrogens with one attached hydrogen (secondary N) is 2. The number of hydrogen-bond acceptors (Lipinski definition) is 4. The number of rotatable bonds is 9. The van der Waals surface area contributed by atoms with E-state index in [1.165, 1.54) is 31.2 Å². The van der Waals surface area contributed by atoms with Gasteiger partial charge in [0, 0.05) is 6.42 Å². The van der Waals surface area contributed by atoms with Gasteiger partial charge >= 0.3 is 24.7 Å². The van der Waals surface area contributed by atoms with E-state index in [2.05, 4.69) is 20.1 Å². The van der Waals surface area contributed by atoms with Crippen molar-refractivity contribution in [1.82, 2.24) is 10.6 Å². The molecule has 3 aromatic rings. The van der Waals surface area contributed by atoms with Crippen LogP contribution in [0.15, 0.2) is 78.9 Å². The van der Waals surface area contributed by atoms with E-state index in [0.717, 1.165) is 24.3 Å². The van der Waals surface area contributed by atoms with Crippen LogP contribution in [0.3, 0.4) is 0 Å². The maximum atomic E-state index is 13.0. The van der Waals surface area contributed by atoms with Crippen LogP contribution in [0.5, 0.6) is 11.5 Å². The lowest BCUT2D eigenvalue weighted by molar-refractivity contribution is -0.275. The van der Waals surface area contributed by atoms with Crippen LogP contribution in [0.4, 0.5) is 31.1 Å². The lowest BCUT2D eigenvalue weighted by Crippen LogP contribution is -2.54. The van der Waals surface area contributed by atoms with Crippen LogP contribution in [-0.4, -0.2) is 35.9 Å². The molecule has 0 aromatic heterocycles. The van der Waals surface area contributed by atoms with Gasteiger partial charge in [-0.25, -0.2) is 4.79 Å². The Morgan fingerprint density at radius 2 is 1.28 bits per heavy atom. The van der Waals surface area contributed by atoms with Crippen molar-refractivity contribution in [3.05, 3.63) is 95.6 Å². The summed E-state index contributed by atoms with van der Waals surface area (Å²) < 4.78 is 86.1. The molecule has 0 saturated heterocycles. The maximum Gasteiger partial charge on any atom is 0.573 e. The van der Waals surface area contributed by atoms with Crippen LogP contribution in [0, 0.1) is 0 Å². The summed E-state index contributed by atoms with van der Waals surface area (Å²) in [5.74, 6) is -2.68. The number of carboxylic acids is 1. The molecule has 0 aliphatic heterocycles. The van der Waals surface area contributed by atoms with Crippen LogP contribution in [0.2, 0.25) is 0 Å². The fraction of sp³-hybridized carbons (Fsp3) is 0.231. The van der Waals surface area contributed by atoms with Gasteiger partial charge in [-0.15, -0.1) is 26.3 Å².